The van der Waals surface area contributed by atoms with Crippen LogP contribution in [0.3, 0.4) is 0 Å². The fraction of sp³-hybridized carbons (Fsp3) is 0. The van der Waals surface area contributed by atoms with Crippen molar-refractivity contribution in [3.8, 4) is 33.4 Å². The quantitative estimate of drug-likeness (QED) is 0.164. The van der Waals surface area contributed by atoms with Gasteiger partial charge in [0.05, 0.1) is 5.69 Å². The first-order valence-electron chi connectivity index (χ1n) is 18.7. The molecule has 11 aromatic rings. The molecule has 0 saturated carbocycles. The van der Waals surface area contributed by atoms with E-state index in [-0.39, 0.29) is 0 Å². The molecule has 0 spiro atoms. The van der Waals surface area contributed by atoms with Crippen LogP contribution in [0, 0.1) is 0 Å². The Morgan fingerprint density at radius 1 is 0.309 bits per heavy atom. The average Bonchev–Trinajstić information content (AvgIpc) is 3.83. The summed E-state index contributed by atoms with van der Waals surface area (Å²) in [5.74, 6) is 0. The number of benzene rings is 9. The van der Waals surface area contributed by atoms with Gasteiger partial charge in [-0.15, -0.1) is 22.7 Å². The monoisotopic (exact) mass is 735 g/mol. The first kappa shape index (κ1) is 32.0. The number of anilines is 3. The van der Waals surface area contributed by atoms with Crippen molar-refractivity contribution in [1.82, 2.24) is 0 Å². The van der Waals surface area contributed by atoms with Crippen LogP contribution in [-0.4, -0.2) is 0 Å². The molecule has 0 amide bonds. The molecule has 0 fully saturated rings. The van der Waals surface area contributed by atoms with E-state index in [0.29, 0.717) is 0 Å². The van der Waals surface area contributed by atoms with Gasteiger partial charge in [-0.1, -0.05) is 140 Å². The van der Waals surface area contributed by atoms with Crippen LogP contribution in [-0.2, 0) is 0 Å². The Kier molecular flexibility index (Phi) is 7.61. The molecule has 11 rings (SSSR count). The lowest BCUT2D eigenvalue weighted by atomic mass is 9.95. The summed E-state index contributed by atoms with van der Waals surface area (Å²) in [7, 11) is 0. The van der Waals surface area contributed by atoms with Gasteiger partial charge in [0.1, 0.15) is 0 Å². The summed E-state index contributed by atoms with van der Waals surface area (Å²) in [5, 5.41) is 7.75. The fourth-order valence-electron chi connectivity index (χ4n) is 8.25. The van der Waals surface area contributed by atoms with Gasteiger partial charge in [0, 0.05) is 51.7 Å². The molecule has 258 valence electrons. The molecule has 0 atom stereocenters. The van der Waals surface area contributed by atoms with Crippen LogP contribution in [0.15, 0.2) is 200 Å². The standard InChI is InChI=1S/C52H33NS2/c1-2-17-42-35(11-1)12-9-20-43(42)39-15-7-13-36(31-39)37-14-8-16-41(32-37)53(47-21-10-24-50-52(47)46-19-4-6-23-49(46)54-50)40-28-25-34(26-29-40)38-27-30-45-44-18-3-5-22-48(44)55-51(45)33-38/h1-33H. The smallest absolute Gasteiger partial charge is 0.0554 e. The maximum Gasteiger partial charge on any atom is 0.0554 e. The summed E-state index contributed by atoms with van der Waals surface area (Å²) in [6, 6.07) is 73.5. The minimum atomic E-state index is 1.12. The third-order valence-corrected chi connectivity index (χ3v) is 13.1. The molecule has 0 bridgehead atoms. The van der Waals surface area contributed by atoms with E-state index < -0.39 is 0 Å². The minimum Gasteiger partial charge on any atom is -0.310 e. The van der Waals surface area contributed by atoms with Crippen molar-refractivity contribution in [3.05, 3.63) is 200 Å². The summed E-state index contributed by atoms with van der Waals surface area (Å²) >= 11 is 3.73. The number of hydrogen-bond acceptors (Lipinski definition) is 3. The Morgan fingerprint density at radius 2 is 0.891 bits per heavy atom. The van der Waals surface area contributed by atoms with Gasteiger partial charge in [0.25, 0.3) is 0 Å². The highest BCUT2D eigenvalue weighted by Gasteiger charge is 2.19. The molecule has 1 nitrogen and oxygen atoms in total. The second kappa shape index (κ2) is 13.1. The van der Waals surface area contributed by atoms with E-state index in [2.05, 4.69) is 205 Å². The number of fused-ring (bicyclic) bond motifs is 7. The van der Waals surface area contributed by atoms with E-state index in [0.717, 1.165) is 11.4 Å². The summed E-state index contributed by atoms with van der Waals surface area (Å²) in [6.45, 7) is 0. The zero-order chi connectivity index (χ0) is 36.3. The van der Waals surface area contributed by atoms with Crippen LogP contribution in [0.4, 0.5) is 17.1 Å². The SMILES string of the molecule is c1cc(-c2cccc(N(c3ccc(-c4ccc5c(c4)sc4ccccc45)cc3)c3cccc4sc5ccccc5c34)c2)cc(-c2cccc3ccccc23)c1. The molecule has 0 saturated heterocycles. The van der Waals surface area contributed by atoms with Gasteiger partial charge in [-0.2, -0.15) is 0 Å². The van der Waals surface area contributed by atoms with Gasteiger partial charge >= 0.3 is 0 Å². The Labute approximate surface area is 327 Å². The van der Waals surface area contributed by atoms with E-state index in [1.807, 2.05) is 22.7 Å². The van der Waals surface area contributed by atoms with E-state index in [4.69, 9.17) is 0 Å². The molecule has 0 aliphatic carbocycles. The predicted molar refractivity (Wildman–Crippen MR) is 241 cm³/mol. The normalized spacial score (nSPS) is 11.6. The van der Waals surface area contributed by atoms with Gasteiger partial charge in [0.2, 0.25) is 0 Å². The van der Waals surface area contributed by atoms with Crippen LogP contribution in [0.2, 0.25) is 0 Å². The Morgan fingerprint density at radius 3 is 1.76 bits per heavy atom. The molecule has 0 aliphatic heterocycles. The maximum atomic E-state index is 2.44. The third kappa shape index (κ3) is 5.51. The van der Waals surface area contributed by atoms with Crippen LogP contribution >= 0.6 is 22.7 Å². The van der Waals surface area contributed by atoms with Crippen molar-refractivity contribution in [2.45, 2.75) is 0 Å². The molecule has 9 aromatic carbocycles. The second-order valence-electron chi connectivity index (χ2n) is 14.1. The van der Waals surface area contributed by atoms with Gasteiger partial charge in [0.15, 0.2) is 0 Å². The summed E-state index contributed by atoms with van der Waals surface area (Å²) < 4.78 is 5.24. The topological polar surface area (TPSA) is 3.24 Å². The highest BCUT2D eigenvalue weighted by Crippen LogP contribution is 2.46. The zero-order valence-electron chi connectivity index (χ0n) is 29.8. The zero-order valence-corrected chi connectivity index (χ0v) is 31.4. The minimum absolute atomic E-state index is 1.12. The molecule has 2 aromatic heterocycles. The lowest BCUT2D eigenvalue weighted by molar-refractivity contribution is 1.30. The van der Waals surface area contributed by atoms with Crippen molar-refractivity contribution in [1.29, 1.82) is 0 Å². The maximum absolute atomic E-state index is 2.44. The predicted octanol–water partition coefficient (Wildman–Crippen LogP) is 16.0. The van der Waals surface area contributed by atoms with Gasteiger partial charge < -0.3 is 4.90 Å². The van der Waals surface area contributed by atoms with E-state index >= 15 is 0 Å². The van der Waals surface area contributed by atoms with Gasteiger partial charge in [-0.3, -0.25) is 0 Å². The highest BCUT2D eigenvalue weighted by molar-refractivity contribution is 7.26. The summed E-state index contributed by atoms with van der Waals surface area (Å²) in [5.41, 5.74) is 10.7. The van der Waals surface area contributed by atoms with E-state index in [1.165, 1.54) is 90.2 Å². The van der Waals surface area contributed by atoms with Crippen molar-refractivity contribution in [2.24, 2.45) is 0 Å². The lowest BCUT2D eigenvalue weighted by Crippen LogP contribution is -2.10. The number of hydrogen-bond donors (Lipinski definition) is 0. The number of rotatable bonds is 6. The molecule has 0 unspecified atom stereocenters. The lowest BCUT2D eigenvalue weighted by Gasteiger charge is -2.27. The van der Waals surface area contributed by atoms with Crippen molar-refractivity contribution >= 4 is 90.9 Å². The highest BCUT2D eigenvalue weighted by atomic mass is 32.1. The Balaban J connectivity index is 1.04. The molecule has 2 heterocycles. The van der Waals surface area contributed by atoms with Crippen LogP contribution in [0.5, 0.6) is 0 Å². The van der Waals surface area contributed by atoms with Crippen molar-refractivity contribution in [2.75, 3.05) is 4.90 Å². The largest absolute Gasteiger partial charge is 0.310 e. The van der Waals surface area contributed by atoms with Crippen LogP contribution < -0.4 is 4.90 Å². The molecule has 0 aliphatic rings. The molecular formula is C52H33NS2. The first-order chi connectivity index (χ1) is 27.2. The molecule has 0 radical (unpaired) electrons. The average molecular weight is 736 g/mol. The van der Waals surface area contributed by atoms with E-state index in [1.54, 1.807) is 0 Å². The van der Waals surface area contributed by atoms with E-state index in [9.17, 15) is 0 Å². The second-order valence-corrected chi connectivity index (χ2v) is 16.3. The molecular weight excluding hydrogens is 703 g/mol. The number of nitrogens with zero attached hydrogens (tertiary/aromatic N) is 1. The Hall–Kier alpha value is -6.52. The van der Waals surface area contributed by atoms with Crippen LogP contribution in [0.25, 0.3) is 84.5 Å². The van der Waals surface area contributed by atoms with Gasteiger partial charge in [-0.05, 0) is 105 Å². The number of thiophene rings is 2. The summed E-state index contributed by atoms with van der Waals surface area (Å²) in [4.78, 5) is 2.44. The van der Waals surface area contributed by atoms with Gasteiger partial charge in [-0.25, -0.2) is 0 Å². The molecule has 3 heteroatoms. The first-order valence-corrected chi connectivity index (χ1v) is 20.3. The third-order valence-electron chi connectivity index (χ3n) is 10.9. The fourth-order valence-corrected chi connectivity index (χ4v) is 10.5. The Bertz CT molecular complexity index is 3220. The summed E-state index contributed by atoms with van der Waals surface area (Å²) in [6.07, 6.45) is 0. The molecule has 55 heavy (non-hydrogen) atoms. The van der Waals surface area contributed by atoms with Crippen molar-refractivity contribution in [3.63, 3.8) is 0 Å². The van der Waals surface area contributed by atoms with Crippen molar-refractivity contribution < 1.29 is 0 Å². The van der Waals surface area contributed by atoms with Crippen LogP contribution in [0.1, 0.15) is 0 Å². The molecule has 0 N–H and O–H groups in total.